The van der Waals surface area contributed by atoms with Crippen molar-refractivity contribution in [3.05, 3.63) is 0 Å². The first kappa shape index (κ1) is 22.1. The van der Waals surface area contributed by atoms with Crippen molar-refractivity contribution in [2.45, 2.75) is 90.2 Å². The van der Waals surface area contributed by atoms with Crippen LogP contribution in [0.4, 0.5) is 4.79 Å². The largest absolute Gasteiger partial charge is 0.511 e. The summed E-state index contributed by atoms with van der Waals surface area (Å²) >= 11 is 12.7. The average molecular weight is 407 g/mol. The molecule has 3 nitrogen and oxygen atoms in total. The van der Waals surface area contributed by atoms with Gasteiger partial charge in [0.05, 0.1) is 0 Å². The maximum Gasteiger partial charge on any atom is 0.511 e. The van der Waals surface area contributed by atoms with E-state index >= 15 is 0 Å². The molecule has 0 spiro atoms. The van der Waals surface area contributed by atoms with E-state index in [2.05, 4.69) is 27.7 Å². The molecule has 5 heteroatoms. The number of alkyl halides is 2. The van der Waals surface area contributed by atoms with Crippen molar-refractivity contribution >= 4 is 29.4 Å². The van der Waals surface area contributed by atoms with Crippen molar-refractivity contribution in [2.24, 2.45) is 35.5 Å². The molecule has 4 atom stereocenters. The highest BCUT2D eigenvalue weighted by atomic mass is 35.5. The van der Waals surface area contributed by atoms with Gasteiger partial charge < -0.3 is 9.47 Å². The van der Waals surface area contributed by atoms with E-state index in [0.717, 1.165) is 37.5 Å². The van der Waals surface area contributed by atoms with Gasteiger partial charge in [0.15, 0.2) is 11.1 Å². The van der Waals surface area contributed by atoms with E-state index in [9.17, 15) is 4.79 Å². The Morgan fingerprint density at radius 2 is 1.04 bits per heavy atom. The predicted molar refractivity (Wildman–Crippen MR) is 107 cm³/mol. The zero-order valence-electron chi connectivity index (χ0n) is 16.8. The molecular weight excluding hydrogens is 371 g/mol. The third-order valence-corrected chi connectivity index (χ3v) is 7.83. The lowest BCUT2D eigenvalue weighted by Gasteiger charge is -2.33. The number of rotatable bonds is 6. The minimum Gasteiger partial charge on any atom is -0.414 e. The van der Waals surface area contributed by atoms with Gasteiger partial charge in [0.1, 0.15) is 0 Å². The van der Waals surface area contributed by atoms with Gasteiger partial charge in [-0.3, -0.25) is 0 Å². The minimum absolute atomic E-state index is 0.128. The van der Waals surface area contributed by atoms with Crippen LogP contribution in [0.2, 0.25) is 0 Å². The molecule has 152 valence electrons. The van der Waals surface area contributed by atoms with Crippen LogP contribution in [-0.2, 0) is 9.47 Å². The van der Waals surface area contributed by atoms with Crippen molar-refractivity contribution in [3.63, 3.8) is 0 Å². The molecule has 2 aliphatic carbocycles. The van der Waals surface area contributed by atoms with E-state index in [-0.39, 0.29) is 11.8 Å². The van der Waals surface area contributed by atoms with Crippen LogP contribution in [0.1, 0.15) is 79.1 Å². The molecule has 0 aromatic carbocycles. The average Bonchev–Trinajstić information content (AvgIpc) is 2.61. The Morgan fingerprint density at radius 1 is 0.731 bits per heavy atom. The second kappa shape index (κ2) is 10.4. The summed E-state index contributed by atoms with van der Waals surface area (Å²) in [6.07, 6.45) is 8.78. The zero-order valence-corrected chi connectivity index (χ0v) is 18.3. The van der Waals surface area contributed by atoms with Crippen LogP contribution < -0.4 is 0 Å². The van der Waals surface area contributed by atoms with Gasteiger partial charge in [-0.05, 0) is 49.4 Å². The number of carbonyl (C=O) groups excluding carboxylic acids is 1. The van der Waals surface area contributed by atoms with Gasteiger partial charge >= 0.3 is 6.16 Å². The third kappa shape index (κ3) is 6.48. The van der Waals surface area contributed by atoms with Crippen molar-refractivity contribution in [3.8, 4) is 0 Å². The smallest absolute Gasteiger partial charge is 0.414 e. The van der Waals surface area contributed by atoms with Gasteiger partial charge in [0.2, 0.25) is 0 Å². The highest BCUT2D eigenvalue weighted by molar-refractivity contribution is 6.21. The van der Waals surface area contributed by atoms with Gasteiger partial charge in [-0.1, -0.05) is 76.6 Å². The molecule has 2 saturated carbocycles. The standard InChI is InChI=1S/C21H36Cl2O3/c1-13-5-9-17(10-6-13)15(3)19(22)25-21(24)26-20(23)16(4)18-11-7-14(2)8-12-18/h13-20H,5-12H2,1-4H3. The Hall–Kier alpha value is -0.150. The second-order valence-electron chi connectivity index (χ2n) is 8.95. The fourth-order valence-electron chi connectivity index (χ4n) is 4.48. The number of ether oxygens (including phenoxy) is 2. The second-order valence-corrected chi connectivity index (χ2v) is 9.81. The summed E-state index contributed by atoms with van der Waals surface area (Å²) < 4.78 is 10.7. The third-order valence-electron chi connectivity index (χ3n) is 6.85. The van der Waals surface area contributed by atoms with Crippen molar-refractivity contribution in [2.75, 3.05) is 0 Å². The fourth-order valence-corrected chi connectivity index (χ4v) is 5.03. The lowest BCUT2D eigenvalue weighted by molar-refractivity contribution is -0.00382. The van der Waals surface area contributed by atoms with Crippen molar-refractivity contribution < 1.29 is 14.3 Å². The summed E-state index contributed by atoms with van der Waals surface area (Å²) in [7, 11) is 0. The molecule has 2 aliphatic rings. The van der Waals surface area contributed by atoms with Gasteiger partial charge in [-0.2, -0.15) is 0 Å². The molecule has 0 saturated heterocycles. The normalized spacial score (nSPS) is 34.4. The quantitative estimate of drug-likeness (QED) is 0.345. The highest BCUT2D eigenvalue weighted by Gasteiger charge is 2.33. The van der Waals surface area contributed by atoms with Crippen LogP contribution in [0.15, 0.2) is 0 Å². The topological polar surface area (TPSA) is 35.5 Å². The Labute approximate surface area is 169 Å². The fraction of sp³-hybridized carbons (Fsp3) is 0.952. The van der Waals surface area contributed by atoms with E-state index in [1.165, 1.54) is 25.7 Å². The molecule has 2 fully saturated rings. The van der Waals surface area contributed by atoms with E-state index in [0.29, 0.717) is 11.8 Å². The molecule has 0 N–H and O–H groups in total. The summed E-state index contributed by atoms with van der Waals surface area (Å²) in [5.41, 5.74) is -1.31. The molecule has 26 heavy (non-hydrogen) atoms. The number of carbonyl (C=O) groups is 1. The Balaban J connectivity index is 1.74. The van der Waals surface area contributed by atoms with E-state index in [4.69, 9.17) is 32.7 Å². The van der Waals surface area contributed by atoms with Crippen molar-refractivity contribution in [1.82, 2.24) is 0 Å². The minimum atomic E-state index is -0.739. The molecule has 0 aromatic rings. The summed E-state index contributed by atoms with van der Waals surface area (Å²) in [5.74, 6) is 2.86. The van der Waals surface area contributed by atoms with Crippen LogP contribution >= 0.6 is 23.2 Å². The molecular formula is C21H36Cl2O3. The van der Waals surface area contributed by atoms with Gasteiger partial charge in [-0.25, -0.2) is 4.79 Å². The first-order chi connectivity index (χ1) is 12.3. The Morgan fingerprint density at radius 3 is 1.35 bits per heavy atom. The summed E-state index contributed by atoms with van der Waals surface area (Å²) in [4.78, 5) is 12.1. The number of hydrogen-bond donors (Lipinski definition) is 0. The molecule has 4 unspecified atom stereocenters. The lowest BCUT2D eigenvalue weighted by Crippen LogP contribution is -2.32. The molecule has 0 amide bonds. The summed E-state index contributed by atoms with van der Waals surface area (Å²) in [6, 6.07) is 0. The predicted octanol–water partition coefficient (Wildman–Crippen LogP) is 7.19. The maximum atomic E-state index is 12.1. The number of halogens is 2. The highest BCUT2D eigenvalue weighted by Crippen LogP contribution is 2.37. The maximum absolute atomic E-state index is 12.1. The molecule has 0 bridgehead atoms. The van der Waals surface area contributed by atoms with E-state index < -0.39 is 17.3 Å². The Bertz CT molecular complexity index is 391. The van der Waals surface area contributed by atoms with E-state index in [1.54, 1.807) is 0 Å². The van der Waals surface area contributed by atoms with Crippen LogP contribution in [0, 0.1) is 35.5 Å². The lowest BCUT2D eigenvalue weighted by atomic mass is 9.77. The first-order valence-electron chi connectivity index (χ1n) is 10.4. The first-order valence-corrected chi connectivity index (χ1v) is 11.3. The number of hydrogen-bond acceptors (Lipinski definition) is 3. The van der Waals surface area contributed by atoms with Crippen LogP contribution in [0.3, 0.4) is 0 Å². The van der Waals surface area contributed by atoms with Crippen LogP contribution in [0.25, 0.3) is 0 Å². The van der Waals surface area contributed by atoms with Gasteiger partial charge in [0.25, 0.3) is 0 Å². The molecule has 0 heterocycles. The van der Waals surface area contributed by atoms with E-state index in [1.807, 2.05) is 0 Å². The summed E-state index contributed by atoms with van der Waals surface area (Å²) in [6.45, 7) is 8.72. The Kier molecular flexibility index (Phi) is 8.87. The zero-order chi connectivity index (χ0) is 19.3. The van der Waals surface area contributed by atoms with Crippen LogP contribution in [0.5, 0.6) is 0 Å². The van der Waals surface area contributed by atoms with Crippen LogP contribution in [-0.4, -0.2) is 17.3 Å². The monoisotopic (exact) mass is 406 g/mol. The molecule has 0 radical (unpaired) electrons. The molecule has 0 aliphatic heterocycles. The van der Waals surface area contributed by atoms with Crippen molar-refractivity contribution in [1.29, 1.82) is 0 Å². The van der Waals surface area contributed by atoms with Gasteiger partial charge in [0, 0.05) is 11.8 Å². The SMILES string of the molecule is CC1CCC(C(C)C(Cl)OC(=O)OC(Cl)C(C)C2CCC(C)CC2)CC1. The summed E-state index contributed by atoms with van der Waals surface area (Å²) in [5, 5.41) is 0. The van der Waals surface area contributed by atoms with Gasteiger partial charge in [-0.15, -0.1) is 0 Å². The molecule has 0 aromatic heterocycles. The molecule has 2 rings (SSSR count).